The van der Waals surface area contributed by atoms with Gasteiger partial charge in [-0.1, -0.05) is 29.8 Å². The van der Waals surface area contributed by atoms with Gasteiger partial charge in [0.05, 0.1) is 0 Å². The predicted molar refractivity (Wildman–Crippen MR) is 101 cm³/mol. The van der Waals surface area contributed by atoms with Gasteiger partial charge >= 0.3 is 5.97 Å². The second kappa shape index (κ2) is 8.04. The number of carboxylic acid groups (broad SMARTS) is 1. The summed E-state index contributed by atoms with van der Waals surface area (Å²) in [7, 11) is 0. The molecule has 3 rings (SSSR count). The SMILES string of the molecule is Cc1c(Cc2ccccc2S(=O)[O-])cc(-c2ccnc(Cl)c2)n1CC(=O)O. The molecule has 1 aromatic carbocycles. The van der Waals surface area contributed by atoms with E-state index in [1.54, 1.807) is 47.2 Å². The average molecular weight is 404 g/mol. The van der Waals surface area contributed by atoms with Gasteiger partial charge in [-0.05, 0) is 53.4 Å². The van der Waals surface area contributed by atoms with Gasteiger partial charge < -0.3 is 14.2 Å². The zero-order valence-electron chi connectivity index (χ0n) is 14.4. The van der Waals surface area contributed by atoms with Gasteiger partial charge in [0.25, 0.3) is 0 Å². The Morgan fingerprint density at radius 2 is 2.00 bits per heavy atom. The molecule has 2 heterocycles. The number of rotatable bonds is 6. The lowest BCUT2D eigenvalue weighted by Crippen LogP contribution is -2.11. The predicted octanol–water partition coefficient (Wildman–Crippen LogP) is 3.43. The van der Waals surface area contributed by atoms with Gasteiger partial charge in [0.15, 0.2) is 0 Å². The highest BCUT2D eigenvalue weighted by molar-refractivity contribution is 7.79. The average Bonchev–Trinajstić information content (AvgIpc) is 2.91. The Kier molecular flexibility index (Phi) is 5.74. The van der Waals surface area contributed by atoms with Crippen molar-refractivity contribution in [3.63, 3.8) is 0 Å². The minimum atomic E-state index is -2.34. The van der Waals surface area contributed by atoms with Crippen molar-refractivity contribution >= 4 is 28.7 Å². The highest BCUT2D eigenvalue weighted by Crippen LogP contribution is 2.29. The van der Waals surface area contributed by atoms with E-state index in [0.29, 0.717) is 22.8 Å². The van der Waals surface area contributed by atoms with Gasteiger partial charge in [-0.3, -0.25) is 9.00 Å². The van der Waals surface area contributed by atoms with E-state index in [-0.39, 0.29) is 11.4 Å². The maximum absolute atomic E-state index is 11.5. The molecule has 0 saturated heterocycles. The molecule has 1 N–H and O–H groups in total. The van der Waals surface area contributed by atoms with E-state index >= 15 is 0 Å². The van der Waals surface area contributed by atoms with Crippen LogP contribution in [0.3, 0.4) is 0 Å². The van der Waals surface area contributed by atoms with E-state index in [2.05, 4.69) is 4.98 Å². The lowest BCUT2D eigenvalue weighted by atomic mass is 10.0. The molecule has 0 bridgehead atoms. The Hall–Kier alpha value is -2.48. The van der Waals surface area contributed by atoms with Crippen molar-refractivity contribution in [2.24, 2.45) is 0 Å². The fourth-order valence-corrected chi connectivity index (χ4v) is 3.76. The fourth-order valence-electron chi connectivity index (χ4n) is 3.04. The molecule has 8 heteroatoms. The normalized spacial score (nSPS) is 12.1. The Morgan fingerprint density at radius 3 is 2.67 bits per heavy atom. The lowest BCUT2D eigenvalue weighted by Gasteiger charge is -2.12. The van der Waals surface area contributed by atoms with Gasteiger partial charge in [-0.25, -0.2) is 4.98 Å². The topological polar surface area (TPSA) is 95.2 Å². The van der Waals surface area contributed by atoms with Gasteiger partial charge in [-0.15, -0.1) is 0 Å². The van der Waals surface area contributed by atoms with E-state index < -0.39 is 17.0 Å². The van der Waals surface area contributed by atoms with Crippen LogP contribution in [0.25, 0.3) is 11.3 Å². The summed E-state index contributed by atoms with van der Waals surface area (Å²) >= 11 is 3.64. The molecule has 140 valence electrons. The number of aromatic nitrogens is 2. The molecule has 0 spiro atoms. The minimum Gasteiger partial charge on any atom is -0.768 e. The number of benzene rings is 1. The van der Waals surface area contributed by atoms with Crippen molar-refractivity contribution in [2.75, 3.05) is 0 Å². The molecular weight excluding hydrogens is 388 g/mol. The van der Waals surface area contributed by atoms with Crippen LogP contribution in [0.5, 0.6) is 0 Å². The van der Waals surface area contributed by atoms with Gasteiger partial charge in [0.2, 0.25) is 0 Å². The monoisotopic (exact) mass is 403 g/mol. The van der Waals surface area contributed by atoms with Crippen molar-refractivity contribution in [3.8, 4) is 11.3 Å². The highest BCUT2D eigenvalue weighted by atomic mass is 35.5. The Balaban J connectivity index is 2.10. The van der Waals surface area contributed by atoms with E-state index in [9.17, 15) is 18.7 Å². The smallest absolute Gasteiger partial charge is 0.323 e. The summed E-state index contributed by atoms with van der Waals surface area (Å²) in [6.07, 6.45) is 1.93. The maximum atomic E-state index is 11.5. The van der Waals surface area contributed by atoms with Crippen molar-refractivity contribution in [3.05, 3.63) is 70.6 Å². The molecule has 0 amide bonds. The summed E-state index contributed by atoms with van der Waals surface area (Å²) in [6, 6.07) is 12.0. The van der Waals surface area contributed by atoms with Crippen LogP contribution in [0.15, 0.2) is 53.6 Å². The van der Waals surface area contributed by atoms with Crippen molar-refractivity contribution in [1.29, 1.82) is 0 Å². The van der Waals surface area contributed by atoms with Crippen molar-refractivity contribution in [1.82, 2.24) is 9.55 Å². The number of hydrogen-bond donors (Lipinski definition) is 1. The number of carboxylic acids is 1. The summed E-state index contributed by atoms with van der Waals surface area (Å²) in [5.74, 6) is -0.970. The van der Waals surface area contributed by atoms with Gasteiger partial charge in [-0.2, -0.15) is 0 Å². The first-order valence-electron chi connectivity index (χ1n) is 8.06. The summed E-state index contributed by atoms with van der Waals surface area (Å²) < 4.78 is 24.6. The number of nitrogens with zero attached hydrogens (tertiary/aromatic N) is 2. The van der Waals surface area contributed by atoms with Crippen LogP contribution in [-0.4, -0.2) is 29.4 Å². The molecular formula is C19H16ClN2O4S-. The molecule has 6 nitrogen and oxygen atoms in total. The van der Waals surface area contributed by atoms with E-state index in [4.69, 9.17) is 11.6 Å². The zero-order chi connectivity index (χ0) is 19.6. The Bertz CT molecular complexity index is 1030. The van der Waals surface area contributed by atoms with E-state index in [1.165, 1.54) is 0 Å². The fraction of sp³-hybridized carbons (Fsp3) is 0.158. The van der Waals surface area contributed by atoms with Crippen LogP contribution in [0.4, 0.5) is 0 Å². The zero-order valence-corrected chi connectivity index (χ0v) is 16.0. The molecule has 1 atom stereocenters. The van der Waals surface area contributed by atoms with Crippen LogP contribution in [-0.2, 0) is 28.8 Å². The molecule has 0 saturated carbocycles. The minimum absolute atomic E-state index is 0.212. The van der Waals surface area contributed by atoms with Crippen LogP contribution in [0, 0.1) is 6.92 Å². The van der Waals surface area contributed by atoms with E-state index in [1.807, 2.05) is 13.0 Å². The second-order valence-electron chi connectivity index (χ2n) is 6.01. The molecule has 3 aromatic rings. The van der Waals surface area contributed by atoms with Gasteiger partial charge in [0, 0.05) is 34.5 Å². The number of halogens is 1. The molecule has 0 radical (unpaired) electrons. The van der Waals surface area contributed by atoms with Crippen LogP contribution in [0.1, 0.15) is 16.8 Å². The number of carbonyl (C=O) groups is 1. The molecule has 1 unspecified atom stereocenters. The third-order valence-corrected chi connectivity index (χ3v) is 5.28. The van der Waals surface area contributed by atoms with Crippen LogP contribution < -0.4 is 0 Å². The molecule has 27 heavy (non-hydrogen) atoms. The van der Waals surface area contributed by atoms with Gasteiger partial charge in [0.1, 0.15) is 11.7 Å². The Morgan fingerprint density at radius 1 is 1.26 bits per heavy atom. The summed E-state index contributed by atoms with van der Waals surface area (Å²) in [5, 5.41) is 9.60. The molecule has 0 aliphatic rings. The highest BCUT2D eigenvalue weighted by Gasteiger charge is 2.17. The second-order valence-corrected chi connectivity index (χ2v) is 7.30. The number of aliphatic carboxylic acids is 1. The van der Waals surface area contributed by atoms with E-state index in [0.717, 1.165) is 16.8 Å². The van der Waals surface area contributed by atoms with Crippen molar-refractivity contribution in [2.45, 2.75) is 24.8 Å². The maximum Gasteiger partial charge on any atom is 0.323 e. The quantitative estimate of drug-likeness (QED) is 0.502. The lowest BCUT2D eigenvalue weighted by molar-refractivity contribution is -0.137. The number of pyridine rings is 1. The van der Waals surface area contributed by atoms with Crippen LogP contribution >= 0.6 is 11.6 Å². The summed E-state index contributed by atoms with van der Waals surface area (Å²) in [6.45, 7) is 1.61. The summed E-state index contributed by atoms with van der Waals surface area (Å²) in [4.78, 5) is 15.5. The molecule has 0 aliphatic carbocycles. The molecule has 2 aromatic heterocycles. The molecule has 0 aliphatic heterocycles. The first-order chi connectivity index (χ1) is 12.9. The third kappa shape index (κ3) is 4.27. The first kappa shape index (κ1) is 19.3. The number of hydrogen-bond acceptors (Lipinski definition) is 4. The van der Waals surface area contributed by atoms with Crippen LogP contribution in [0.2, 0.25) is 5.15 Å². The van der Waals surface area contributed by atoms with Crippen molar-refractivity contribution < 1.29 is 18.7 Å². The standard InChI is InChI=1S/C19H17ClN2O4S/c1-12-15(8-14-4-2-3-5-17(14)27(25)26)9-16(22(12)11-19(23)24)13-6-7-21-18(20)10-13/h2-7,9-10H,8,11H2,1H3,(H,23,24)(H,25,26)/p-1. The Labute approximate surface area is 163 Å². The summed E-state index contributed by atoms with van der Waals surface area (Å²) in [5.41, 5.74) is 3.69. The first-order valence-corrected chi connectivity index (χ1v) is 9.52. The molecule has 0 fully saturated rings. The third-order valence-electron chi connectivity index (χ3n) is 4.32. The largest absolute Gasteiger partial charge is 0.768 e.